The number of fused-ring (bicyclic) bond motifs is 2. The predicted octanol–water partition coefficient (Wildman–Crippen LogP) is 4.86. The fraction of sp³-hybridized carbons (Fsp3) is 0.333. The number of carbonyl (C=O) groups excluding carboxylic acids is 2. The summed E-state index contributed by atoms with van der Waals surface area (Å²) >= 11 is 3.32. The van der Waals surface area contributed by atoms with Gasteiger partial charge in [0.05, 0.1) is 10.5 Å². The lowest BCUT2D eigenvalue weighted by molar-refractivity contribution is -0.171. The second kappa shape index (κ2) is 8.07. The van der Waals surface area contributed by atoms with E-state index in [2.05, 4.69) is 15.9 Å². The molecule has 31 heavy (non-hydrogen) atoms. The molecule has 2 aliphatic heterocycles. The van der Waals surface area contributed by atoms with Crippen LogP contribution in [0, 0.1) is 0 Å². The molecular formula is C21H17BrF3NO5. The quantitative estimate of drug-likeness (QED) is 0.561. The number of amides is 1. The lowest BCUT2D eigenvalue weighted by Gasteiger charge is -2.29. The Balaban J connectivity index is 1.73. The summed E-state index contributed by atoms with van der Waals surface area (Å²) in [7, 11) is 0. The van der Waals surface area contributed by atoms with Crippen LogP contribution in [0.4, 0.5) is 18.9 Å². The third-order valence-corrected chi connectivity index (χ3v) is 5.71. The van der Waals surface area contributed by atoms with Gasteiger partial charge in [-0.25, -0.2) is 0 Å². The van der Waals surface area contributed by atoms with Crippen molar-refractivity contribution in [3.63, 3.8) is 0 Å². The Bertz CT molecular complexity index is 1040. The van der Waals surface area contributed by atoms with Crippen LogP contribution < -0.4 is 14.4 Å². The third kappa shape index (κ3) is 3.96. The van der Waals surface area contributed by atoms with Gasteiger partial charge in [0.25, 0.3) is 0 Å². The van der Waals surface area contributed by atoms with Crippen molar-refractivity contribution in [3.05, 3.63) is 52.0 Å². The molecule has 2 aliphatic rings. The van der Waals surface area contributed by atoms with E-state index < -0.39 is 30.2 Å². The summed E-state index contributed by atoms with van der Waals surface area (Å²) in [6, 6.07) is 8.28. The highest BCUT2D eigenvalue weighted by molar-refractivity contribution is 9.10. The number of esters is 1. The van der Waals surface area contributed by atoms with E-state index in [9.17, 15) is 22.8 Å². The molecule has 2 atom stereocenters. The Morgan fingerprint density at radius 2 is 1.94 bits per heavy atom. The molecule has 1 amide bonds. The standard InChI is InChI=1S/C21H17BrF3NO5/c1-2-18(27)31-17-10-29-16-8-11(6-7-13(16)17)26(20(28)21(23,24)25)15-9-30-19-12(15)4-3-5-14(19)22/h3-8,15,17H,2,9-10H2,1H3/t15-,17-/m1/s1. The van der Waals surface area contributed by atoms with Gasteiger partial charge in [-0.05, 0) is 34.1 Å². The topological polar surface area (TPSA) is 65.1 Å². The largest absolute Gasteiger partial charge is 0.490 e. The van der Waals surface area contributed by atoms with Gasteiger partial charge in [-0.1, -0.05) is 19.1 Å². The summed E-state index contributed by atoms with van der Waals surface area (Å²) in [5.41, 5.74) is 1.00. The first-order valence-electron chi connectivity index (χ1n) is 9.48. The molecule has 0 saturated carbocycles. The number of nitrogens with zero attached hydrogens (tertiary/aromatic N) is 1. The zero-order valence-corrected chi connectivity index (χ0v) is 17.8. The Kier molecular flexibility index (Phi) is 5.59. The molecule has 0 aromatic heterocycles. The first-order valence-corrected chi connectivity index (χ1v) is 10.3. The third-order valence-electron chi connectivity index (χ3n) is 5.09. The zero-order chi connectivity index (χ0) is 22.3. The molecule has 0 aliphatic carbocycles. The second-order valence-corrected chi connectivity index (χ2v) is 7.88. The minimum atomic E-state index is -5.09. The van der Waals surface area contributed by atoms with Crippen LogP contribution in [-0.4, -0.2) is 31.3 Å². The maximum atomic E-state index is 13.5. The number of halogens is 4. The van der Waals surface area contributed by atoms with Gasteiger partial charge >= 0.3 is 18.1 Å². The molecule has 0 radical (unpaired) electrons. The highest BCUT2D eigenvalue weighted by Gasteiger charge is 2.48. The van der Waals surface area contributed by atoms with Crippen molar-refractivity contribution in [2.75, 3.05) is 18.1 Å². The number of para-hydroxylation sites is 1. The Morgan fingerprint density at radius 3 is 2.65 bits per heavy atom. The number of hydrogen-bond acceptors (Lipinski definition) is 5. The molecule has 4 rings (SSSR count). The van der Waals surface area contributed by atoms with E-state index >= 15 is 0 Å². The zero-order valence-electron chi connectivity index (χ0n) is 16.2. The predicted molar refractivity (Wildman–Crippen MR) is 107 cm³/mol. The van der Waals surface area contributed by atoms with Crippen LogP contribution in [0.25, 0.3) is 0 Å². The van der Waals surface area contributed by atoms with Gasteiger partial charge in [0.2, 0.25) is 0 Å². The Hall–Kier alpha value is -2.75. The average molecular weight is 500 g/mol. The van der Waals surface area contributed by atoms with Crippen LogP contribution in [0.2, 0.25) is 0 Å². The molecule has 0 saturated heterocycles. The van der Waals surface area contributed by atoms with E-state index in [0.717, 1.165) is 0 Å². The summed E-state index contributed by atoms with van der Waals surface area (Å²) in [5.74, 6) is -1.76. The molecule has 0 fully saturated rings. The van der Waals surface area contributed by atoms with Gasteiger partial charge in [-0.3, -0.25) is 14.5 Å². The van der Waals surface area contributed by atoms with E-state index in [1.165, 1.54) is 18.2 Å². The first kappa shape index (κ1) is 21.5. The fourth-order valence-corrected chi connectivity index (χ4v) is 4.14. The fourth-order valence-electron chi connectivity index (χ4n) is 3.64. The van der Waals surface area contributed by atoms with Crippen molar-refractivity contribution >= 4 is 33.5 Å². The number of carbonyl (C=O) groups is 2. The maximum Gasteiger partial charge on any atom is 0.471 e. The second-order valence-electron chi connectivity index (χ2n) is 7.02. The SMILES string of the molecule is CCC(=O)O[C@@H]1COc2cc(N(C(=O)C(F)(F)F)[C@@H]3COc4c(Br)cccc43)ccc21. The van der Waals surface area contributed by atoms with Crippen molar-refractivity contribution in [1.82, 2.24) is 0 Å². The van der Waals surface area contributed by atoms with Crippen molar-refractivity contribution in [1.29, 1.82) is 0 Å². The maximum absolute atomic E-state index is 13.5. The summed E-state index contributed by atoms with van der Waals surface area (Å²) in [6.07, 6.45) is -5.54. The number of ether oxygens (including phenoxy) is 3. The molecule has 0 N–H and O–H groups in total. The molecule has 0 bridgehead atoms. The molecule has 2 heterocycles. The molecule has 0 unspecified atom stereocenters. The van der Waals surface area contributed by atoms with Crippen molar-refractivity contribution in [2.45, 2.75) is 31.7 Å². The van der Waals surface area contributed by atoms with Gasteiger partial charge in [0, 0.05) is 29.3 Å². The van der Waals surface area contributed by atoms with Crippen LogP contribution in [0.3, 0.4) is 0 Å². The number of rotatable bonds is 4. The number of anilines is 1. The van der Waals surface area contributed by atoms with E-state index in [1.807, 2.05) is 0 Å². The molecule has 0 spiro atoms. The number of benzene rings is 2. The van der Waals surface area contributed by atoms with Gasteiger partial charge in [0.15, 0.2) is 6.10 Å². The molecule has 10 heteroatoms. The van der Waals surface area contributed by atoms with Crippen molar-refractivity contribution in [3.8, 4) is 11.5 Å². The summed E-state index contributed by atoms with van der Waals surface area (Å²) in [6.45, 7) is 1.58. The highest BCUT2D eigenvalue weighted by Crippen LogP contribution is 2.45. The van der Waals surface area contributed by atoms with Crippen LogP contribution in [0.1, 0.15) is 36.6 Å². The number of hydrogen-bond donors (Lipinski definition) is 0. The van der Waals surface area contributed by atoms with Gasteiger partial charge < -0.3 is 14.2 Å². The van der Waals surface area contributed by atoms with Gasteiger partial charge in [-0.15, -0.1) is 0 Å². The van der Waals surface area contributed by atoms with Crippen LogP contribution in [-0.2, 0) is 14.3 Å². The van der Waals surface area contributed by atoms with Crippen LogP contribution in [0.15, 0.2) is 40.9 Å². The normalized spacial score (nSPS) is 19.1. The minimum Gasteiger partial charge on any atom is -0.490 e. The van der Waals surface area contributed by atoms with Gasteiger partial charge in [0.1, 0.15) is 24.7 Å². The summed E-state index contributed by atoms with van der Waals surface area (Å²) in [4.78, 5) is 24.7. The monoisotopic (exact) mass is 499 g/mol. The van der Waals surface area contributed by atoms with E-state index in [4.69, 9.17) is 14.2 Å². The lowest BCUT2D eigenvalue weighted by atomic mass is 10.0. The van der Waals surface area contributed by atoms with Gasteiger partial charge in [-0.2, -0.15) is 13.2 Å². The molecule has 2 aromatic carbocycles. The lowest BCUT2D eigenvalue weighted by Crippen LogP contribution is -2.44. The Morgan fingerprint density at radius 1 is 1.16 bits per heavy atom. The van der Waals surface area contributed by atoms with E-state index in [-0.39, 0.29) is 31.1 Å². The average Bonchev–Trinajstić information content (AvgIpc) is 3.33. The van der Waals surface area contributed by atoms with Crippen LogP contribution >= 0.6 is 15.9 Å². The summed E-state index contributed by atoms with van der Waals surface area (Å²) < 4.78 is 57.4. The molecule has 164 valence electrons. The molecule has 2 aromatic rings. The highest BCUT2D eigenvalue weighted by atomic mass is 79.9. The smallest absolute Gasteiger partial charge is 0.471 e. The van der Waals surface area contributed by atoms with Crippen molar-refractivity contribution < 1.29 is 37.0 Å². The van der Waals surface area contributed by atoms with E-state index in [0.29, 0.717) is 26.2 Å². The van der Waals surface area contributed by atoms with E-state index in [1.54, 1.807) is 25.1 Å². The molecule has 6 nitrogen and oxygen atoms in total. The first-order chi connectivity index (χ1) is 14.7. The van der Waals surface area contributed by atoms with Crippen LogP contribution in [0.5, 0.6) is 11.5 Å². The van der Waals surface area contributed by atoms with Crippen molar-refractivity contribution in [2.24, 2.45) is 0 Å². The summed E-state index contributed by atoms with van der Waals surface area (Å²) in [5, 5.41) is 0. The Labute approximate surface area is 184 Å². The minimum absolute atomic E-state index is 0.00460. The molecular weight excluding hydrogens is 483 g/mol. The number of alkyl halides is 3.